The van der Waals surface area contributed by atoms with Crippen molar-refractivity contribution in [3.63, 3.8) is 0 Å². The lowest BCUT2D eigenvalue weighted by Crippen LogP contribution is -2.02. The van der Waals surface area contributed by atoms with Crippen molar-refractivity contribution in [2.75, 3.05) is 0 Å². The second kappa shape index (κ2) is 6.75. The highest BCUT2D eigenvalue weighted by Crippen LogP contribution is 2.38. The molecule has 0 N–H and O–H groups in total. The smallest absolute Gasteiger partial charge is 0.0867 e. The Morgan fingerprint density at radius 2 is 1.12 bits per heavy atom. The van der Waals surface area contributed by atoms with Gasteiger partial charge in [0, 0.05) is 6.42 Å². The Bertz CT molecular complexity index is 195. The van der Waals surface area contributed by atoms with Crippen molar-refractivity contribution < 1.29 is 9.47 Å². The molecule has 0 aromatic carbocycles. The molecule has 2 nitrogen and oxygen atoms in total. The molecule has 0 unspecified atom stereocenters. The molecule has 17 heavy (non-hydrogen) atoms. The molecule has 0 saturated carbocycles. The van der Waals surface area contributed by atoms with Crippen LogP contribution in [0.5, 0.6) is 0 Å². The molecule has 0 spiro atoms. The molecule has 2 heteroatoms. The number of ether oxygens (including phenoxy) is 2. The number of unbranched alkanes of at least 4 members (excludes halogenated alkanes) is 4. The van der Waals surface area contributed by atoms with E-state index in [9.17, 15) is 0 Å². The van der Waals surface area contributed by atoms with E-state index in [2.05, 4.69) is 13.8 Å². The Labute approximate surface area is 106 Å². The molecule has 2 fully saturated rings. The molecule has 2 saturated heterocycles. The van der Waals surface area contributed by atoms with Gasteiger partial charge in [0.15, 0.2) is 0 Å². The van der Waals surface area contributed by atoms with Crippen LogP contribution in [0.15, 0.2) is 0 Å². The van der Waals surface area contributed by atoms with Gasteiger partial charge >= 0.3 is 0 Å². The lowest BCUT2D eigenvalue weighted by molar-refractivity contribution is 0.318. The zero-order valence-corrected chi connectivity index (χ0v) is 11.5. The maximum Gasteiger partial charge on any atom is 0.0867 e. The Morgan fingerprint density at radius 3 is 1.53 bits per heavy atom. The van der Waals surface area contributed by atoms with E-state index in [1.165, 1.54) is 51.4 Å². The van der Waals surface area contributed by atoms with E-state index in [0.717, 1.165) is 6.42 Å². The summed E-state index contributed by atoms with van der Waals surface area (Å²) in [5.41, 5.74) is 0. The van der Waals surface area contributed by atoms with Crippen LogP contribution in [0, 0.1) is 0 Å². The Kier molecular flexibility index (Phi) is 5.30. The summed E-state index contributed by atoms with van der Waals surface area (Å²) >= 11 is 0. The third-order valence-electron chi connectivity index (χ3n) is 4.02. The van der Waals surface area contributed by atoms with Crippen LogP contribution in [0.3, 0.4) is 0 Å². The van der Waals surface area contributed by atoms with Gasteiger partial charge in [0.05, 0.1) is 24.4 Å². The first-order chi connectivity index (χ1) is 8.35. The Morgan fingerprint density at radius 1 is 0.647 bits per heavy atom. The van der Waals surface area contributed by atoms with Gasteiger partial charge in [-0.2, -0.15) is 0 Å². The predicted molar refractivity (Wildman–Crippen MR) is 70.2 cm³/mol. The van der Waals surface area contributed by atoms with Crippen LogP contribution in [0.4, 0.5) is 0 Å². The van der Waals surface area contributed by atoms with E-state index in [-0.39, 0.29) is 0 Å². The van der Waals surface area contributed by atoms with Crippen molar-refractivity contribution in [1.82, 2.24) is 0 Å². The summed E-state index contributed by atoms with van der Waals surface area (Å²) in [5, 5.41) is 0. The molecule has 0 radical (unpaired) electrons. The molecule has 0 bridgehead atoms. The van der Waals surface area contributed by atoms with Crippen LogP contribution in [0.2, 0.25) is 0 Å². The molecule has 2 heterocycles. The standard InChI is InChI=1S/C15H28O2/c1-3-5-7-9-12-14(16-12)11-15-13(17-15)10-8-6-4-2/h12-15H,3-11H2,1-2H3/t12-,13-,14-,15+/m0/s1. The maximum absolute atomic E-state index is 5.71. The maximum atomic E-state index is 5.71. The fraction of sp³-hybridized carbons (Fsp3) is 1.00. The lowest BCUT2D eigenvalue weighted by Gasteiger charge is -1.95. The summed E-state index contributed by atoms with van der Waals surface area (Å²) in [4.78, 5) is 0. The summed E-state index contributed by atoms with van der Waals surface area (Å²) in [6.07, 6.45) is 13.9. The molecular formula is C15H28O2. The van der Waals surface area contributed by atoms with Crippen LogP contribution in [0.25, 0.3) is 0 Å². The average Bonchev–Trinajstić information content (AvgIpc) is 3.21. The first kappa shape index (κ1) is 13.4. The summed E-state index contributed by atoms with van der Waals surface area (Å²) in [6.45, 7) is 4.51. The highest BCUT2D eigenvalue weighted by Gasteiger charge is 2.47. The van der Waals surface area contributed by atoms with Gasteiger partial charge in [-0.1, -0.05) is 52.4 Å². The van der Waals surface area contributed by atoms with Crippen LogP contribution < -0.4 is 0 Å². The molecule has 2 aliphatic heterocycles. The second-order valence-corrected chi connectivity index (χ2v) is 5.65. The lowest BCUT2D eigenvalue weighted by atomic mass is 10.1. The topological polar surface area (TPSA) is 25.1 Å². The van der Waals surface area contributed by atoms with E-state index in [4.69, 9.17) is 9.47 Å². The van der Waals surface area contributed by atoms with Gasteiger partial charge in [-0.3, -0.25) is 0 Å². The quantitative estimate of drug-likeness (QED) is 0.425. The van der Waals surface area contributed by atoms with Gasteiger partial charge < -0.3 is 9.47 Å². The Balaban J connectivity index is 1.45. The predicted octanol–water partition coefficient (Wildman–Crippen LogP) is 4.07. The fourth-order valence-corrected chi connectivity index (χ4v) is 2.70. The normalized spacial score (nSPS) is 34.9. The largest absolute Gasteiger partial charge is 0.369 e. The average molecular weight is 240 g/mol. The molecule has 0 aromatic rings. The van der Waals surface area contributed by atoms with E-state index in [0.29, 0.717) is 24.4 Å². The number of hydrogen-bond acceptors (Lipinski definition) is 2. The van der Waals surface area contributed by atoms with Gasteiger partial charge in [0.25, 0.3) is 0 Å². The van der Waals surface area contributed by atoms with Gasteiger partial charge in [-0.15, -0.1) is 0 Å². The van der Waals surface area contributed by atoms with Crippen molar-refractivity contribution >= 4 is 0 Å². The first-order valence-electron chi connectivity index (χ1n) is 7.66. The van der Waals surface area contributed by atoms with Crippen molar-refractivity contribution in [2.24, 2.45) is 0 Å². The van der Waals surface area contributed by atoms with Crippen molar-refractivity contribution in [3.05, 3.63) is 0 Å². The first-order valence-corrected chi connectivity index (χ1v) is 7.66. The van der Waals surface area contributed by atoms with Crippen LogP contribution >= 0.6 is 0 Å². The minimum atomic E-state index is 0.535. The van der Waals surface area contributed by atoms with Gasteiger partial charge in [-0.05, 0) is 12.8 Å². The minimum Gasteiger partial charge on any atom is -0.369 e. The van der Waals surface area contributed by atoms with Crippen molar-refractivity contribution in [3.8, 4) is 0 Å². The highest BCUT2D eigenvalue weighted by molar-refractivity contribution is 4.94. The molecular weight excluding hydrogens is 212 g/mol. The summed E-state index contributed by atoms with van der Waals surface area (Å²) in [7, 11) is 0. The second-order valence-electron chi connectivity index (χ2n) is 5.65. The number of hydrogen-bond donors (Lipinski definition) is 0. The van der Waals surface area contributed by atoms with E-state index in [1.54, 1.807) is 0 Å². The van der Waals surface area contributed by atoms with E-state index >= 15 is 0 Å². The van der Waals surface area contributed by atoms with Crippen molar-refractivity contribution in [2.45, 2.75) is 96.1 Å². The van der Waals surface area contributed by atoms with Crippen LogP contribution in [-0.2, 0) is 9.47 Å². The van der Waals surface area contributed by atoms with Crippen molar-refractivity contribution in [1.29, 1.82) is 0 Å². The summed E-state index contributed by atoms with van der Waals surface area (Å²) < 4.78 is 11.4. The summed E-state index contributed by atoms with van der Waals surface area (Å²) in [6, 6.07) is 0. The van der Waals surface area contributed by atoms with E-state index < -0.39 is 0 Å². The van der Waals surface area contributed by atoms with Gasteiger partial charge in [0.2, 0.25) is 0 Å². The highest BCUT2D eigenvalue weighted by atomic mass is 16.6. The van der Waals surface area contributed by atoms with Gasteiger partial charge in [0.1, 0.15) is 0 Å². The zero-order valence-electron chi connectivity index (χ0n) is 11.5. The molecule has 2 aliphatic rings. The molecule has 100 valence electrons. The zero-order chi connectivity index (χ0) is 12.1. The van der Waals surface area contributed by atoms with Crippen LogP contribution in [-0.4, -0.2) is 24.4 Å². The van der Waals surface area contributed by atoms with Gasteiger partial charge in [-0.25, -0.2) is 0 Å². The third-order valence-corrected chi connectivity index (χ3v) is 4.02. The SMILES string of the molecule is CCCCC[C@@H]1O[C@H]1C[C@H]1O[C@H]1CCCCC. The number of rotatable bonds is 10. The molecule has 4 atom stereocenters. The molecule has 2 rings (SSSR count). The minimum absolute atomic E-state index is 0.535. The summed E-state index contributed by atoms with van der Waals surface area (Å²) in [5.74, 6) is 0. The monoisotopic (exact) mass is 240 g/mol. The van der Waals surface area contributed by atoms with E-state index in [1.807, 2.05) is 0 Å². The molecule has 0 aromatic heterocycles. The van der Waals surface area contributed by atoms with Crippen LogP contribution in [0.1, 0.15) is 71.6 Å². The Hall–Kier alpha value is -0.0800. The fourth-order valence-electron chi connectivity index (χ4n) is 2.70. The third kappa shape index (κ3) is 4.59. The number of epoxide rings is 2. The molecule has 0 aliphatic carbocycles. The molecule has 0 amide bonds.